The lowest BCUT2D eigenvalue weighted by Crippen LogP contribution is -2.07. The molecule has 6 nitrogen and oxygen atoms in total. The Morgan fingerprint density at radius 3 is 2.57 bits per heavy atom. The zero-order chi connectivity index (χ0) is 19.9. The molecule has 0 aliphatic heterocycles. The van der Waals surface area contributed by atoms with Gasteiger partial charge in [0.2, 0.25) is 5.91 Å². The van der Waals surface area contributed by atoms with Crippen LogP contribution in [0.3, 0.4) is 0 Å². The lowest BCUT2D eigenvalue weighted by atomic mass is 10.1. The molecule has 0 aliphatic rings. The van der Waals surface area contributed by atoms with Gasteiger partial charge in [0.15, 0.2) is 11.5 Å². The molecule has 28 heavy (non-hydrogen) atoms. The molecule has 1 amide bonds. The van der Waals surface area contributed by atoms with E-state index in [1.54, 1.807) is 25.6 Å². The second kappa shape index (κ2) is 8.90. The molecule has 3 rings (SSSR count). The SMILES string of the molecule is COc1cc(/C=C/C(=O)Nc2ccc(-c3ncc[nH]3)cc2)ccc1OC(C)C. The van der Waals surface area contributed by atoms with Crippen LogP contribution in [0, 0.1) is 0 Å². The number of ether oxygens (including phenoxy) is 2. The first kappa shape index (κ1) is 19.2. The van der Waals surface area contributed by atoms with Gasteiger partial charge >= 0.3 is 0 Å². The van der Waals surface area contributed by atoms with Gasteiger partial charge in [-0.3, -0.25) is 4.79 Å². The minimum absolute atomic E-state index is 0.0558. The Hall–Kier alpha value is -3.54. The Bertz CT molecular complexity index is 946. The molecule has 144 valence electrons. The highest BCUT2D eigenvalue weighted by Crippen LogP contribution is 2.29. The second-order valence-electron chi connectivity index (χ2n) is 6.41. The van der Waals surface area contributed by atoms with E-state index in [-0.39, 0.29) is 12.0 Å². The number of imidazole rings is 1. The van der Waals surface area contributed by atoms with E-state index in [0.29, 0.717) is 17.2 Å². The van der Waals surface area contributed by atoms with Gasteiger partial charge in [-0.05, 0) is 61.9 Å². The van der Waals surface area contributed by atoms with Crippen LogP contribution in [0.15, 0.2) is 60.9 Å². The lowest BCUT2D eigenvalue weighted by molar-refractivity contribution is -0.111. The number of hydrogen-bond acceptors (Lipinski definition) is 4. The van der Waals surface area contributed by atoms with Crippen LogP contribution in [0.4, 0.5) is 5.69 Å². The van der Waals surface area contributed by atoms with Crippen molar-refractivity contribution in [1.82, 2.24) is 9.97 Å². The Kier molecular flexibility index (Phi) is 6.11. The number of H-pyrrole nitrogens is 1. The van der Waals surface area contributed by atoms with Gasteiger partial charge in [-0.25, -0.2) is 4.98 Å². The maximum absolute atomic E-state index is 12.2. The van der Waals surface area contributed by atoms with E-state index in [9.17, 15) is 4.79 Å². The monoisotopic (exact) mass is 377 g/mol. The van der Waals surface area contributed by atoms with E-state index >= 15 is 0 Å². The van der Waals surface area contributed by atoms with Gasteiger partial charge in [0.25, 0.3) is 0 Å². The van der Waals surface area contributed by atoms with Gasteiger partial charge < -0.3 is 19.8 Å². The Morgan fingerprint density at radius 1 is 1.14 bits per heavy atom. The standard InChI is InChI=1S/C22H23N3O3/c1-15(2)28-19-10-4-16(14-20(19)27-3)5-11-21(26)25-18-8-6-17(7-9-18)22-23-12-13-24-22/h4-15H,1-3H3,(H,23,24)(H,25,26)/b11-5+. The van der Waals surface area contributed by atoms with Crippen LogP contribution in [0.1, 0.15) is 19.4 Å². The molecule has 0 bridgehead atoms. The van der Waals surface area contributed by atoms with Crippen molar-refractivity contribution >= 4 is 17.7 Å². The minimum Gasteiger partial charge on any atom is -0.493 e. The number of aromatic amines is 1. The molecular weight excluding hydrogens is 354 g/mol. The summed E-state index contributed by atoms with van der Waals surface area (Å²) in [5.41, 5.74) is 2.51. The third-order valence-electron chi connectivity index (χ3n) is 3.90. The summed E-state index contributed by atoms with van der Waals surface area (Å²) in [5.74, 6) is 1.88. The molecule has 2 aromatic carbocycles. The summed E-state index contributed by atoms with van der Waals surface area (Å²) >= 11 is 0. The molecule has 0 fully saturated rings. The van der Waals surface area contributed by atoms with Crippen molar-refractivity contribution in [3.63, 3.8) is 0 Å². The van der Waals surface area contributed by atoms with Crippen LogP contribution < -0.4 is 14.8 Å². The first-order valence-electron chi connectivity index (χ1n) is 8.98. The van der Waals surface area contributed by atoms with Gasteiger partial charge in [-0.1, -0.05) is 6.07 Å². The highest BCUT2D eigenvalue weighted by Gasteiger charge is 2.07. The highest BCUT2D eigenvalue weighted by atomic mass is 16.5. The average Bonchev–Trinajstić information content (AvgIpc) is 3.22. The van der Waals surface area contributed by atoms with Crippen LogP contribution in [0.5, 0.6) is 11.5 Å². The number of benzene rings is 2. The molecule has 2 N–H and O–H groups in total. The molecule has 1 aromatic heterocycles. The van der Waals surface area contributed by atoms with E-state index in [2.05, 4.69) is 15.3 Å². The largest absolute Gasteiger partial charge is 0.493 e. The van der Waals surface area contributed by atoms with E-state index in [4.69, 9.17) is 9.47 Å². The topological polar surface area (TPSA) is 76.2 Å². The van der Waals surface area contributed by atoms with Crippen molar-refractivity contribution in [1.29, 1.82) is 0 Å². The van der Waals surface area contributed by atoms with Crippen molar-refractivity contribution in [2.24, 2.45) is 0 Å². The van der Waals surface area contributed by atoms with E-state index in [1.807, 2.05) is 56.3 Å². The molecule has 0 saturated carbocycles. The zero-order valence-electron chi connectivity index (χ0n) is 16.1. The van der Waals surface area contributed by atoms with E-state index in [1.165, 1.54) is 6.08 Å². The molecule has 0 saturated heterocycles. The average molecular weight is 377 g/mol. The number of rotatable bonds is 7. The Labute approximate surface area is 164 Å². The number of aromatic nitrogens is 2. The van der Waals surface area contributed by atoms with Crippen molar-refractivity contribution < 1.29 is 14.3 Å². The fraction of sp³-hybridized carbons (Fsp3) is 0.182. The Morgan fingerprint density at radius 2 is 1.93 bits per heavy atom. The van der Waals surface area contributed by atoms with E-state index < -0.39 is 0 Å². The van der Waals surface area contributed by atoms with Crippen molar-refractivity contribution in [3.8, 4) is 22.9 Å². The summed E-state index contributed by atoms with van der Waals surface area (Å²) < 4.78 is 11.1. The molecule has 6 heteroatoms. The Balaban J connectivity index is 1.63. The van der Waals surface area contributed by atoms with Gasteiger partial charge in [0, 0.05) is 29.7 Å². The number of amides is 1. The molecule has 0 atom stereocenters. The van der Waals surface area contributed by atoms with Gasteiger partial charge in [-0.15, -0.1) is 0 Å². The molecule has 0 aliphatic carbocycles. The van der Waals surface area contributed by atoms with Crippen molar-refractivity contribution in [3.05, 3.63) is 66.5 Å². The number of hydrogen-bond donors (Lipinski definition) is 2. The summed E-state index contributed by atoms with van der Waals surface area (Å²) in [6.45, 7) is 3.91. The molecule has 0 unspecified atom stereocenters. The van der Waals surface area contributed by atoms with Gasteiger partial charge in [-0.2, -0.15) is 0 Å². The molecule has 0 spiro atoms. The second-order valence-corrected chi connectivity index (χ2v) is 6.41. The van der Waals surface area contributed by atoms with Crippen LogP contribution in [0.25, 0.3) is 17.5 Å². The summed E-state index contributed by atoms with van der Waals surface area (Å²) in [6.07, 6.45) is 6.74. The van der Waals surface area contributed by atoms with Gasteiger partial charge in [0.1, 0.15) is 5.82 Å². The number of carbonyl (C=O) groups excluding carboxylic acids is 1. The lowest BCUT2D eigenvalue weighted by Gasteiger charge is -2.13. The molecule has 1 heterocycles. The third-order valence-corrected chi connectivity index (χ3v) is 3.90. The quantitative estimate of drug-likeness (QED) is 0.594. The summed E-state index contributed by atoms with van der Waals surface area (Å²) in [6, 6.07) is 13.0. The summed E-state index contributed by atoms with van der Waals surface area (Å²) in [5, 5.41) is 2.84. The number of methoxy groups -OCH3 is 1. The highest BCUT2D eigenvalue weighted by molar-refractivity contribution is 6.02. The normalized spacial score (nSPS) is 11.0. The number of anilines is 1. The van der Waals surface area contributed by atoms with Crippen LogP contribution >= 0.6 is 0 Å². The summed E-state index contributed by atoms with van der Waals surface area (Å²) in [4.78, 5) is 19.4. The smallest absolute Gasteiger partial charge is 0.248 e. The fourth-order valence-corrected chi connectivity index (χ4v) is 2.63. The first-order valence-corrected chi connectivity index (χ1v) is 8.98. The predicted molar refractivity (Wildman–Crippen MR) is 110 cm³/mol. The van der Waals surface area contributed by atoms with Crippen molar-refractivity contribution in [2.45, 2.75) is 20.0 Å². The fourth-order valence-electron chi connectivity index (χ4n) is 2.63. The molecule has 0 radical (unpaired) electrons. The number of nitrogens with one attached hydrogen (secondary N) is 2. The number of nitrogens with zero attached hydrogens (tertiary/aromatic N) is 1. The van der Waals surface area contributed by atoms with Gasteiger partial charge in [0.05, 0.1) is 13.2 Å². The molecular formula is C22H23N3O3. The number of carbonyl (C=O) groups is 1. The van der Waals surface area contributed by atoms with E-state index in [0.717, 1.165) is 17.0 Å². The van der Waals surface area contributed by atoms with Crippen LogP contribution in [0.2, 0.25) is 0 Å². The minimum atomic E-state index is -0.216. The third kappa shape index (κ3) is 5.01. The maximum atomic E-state index is 12.2. The van der Waals surface area contributed by atoms with Crippen LogP contribution in [-0.2, 0) is 4.79 Å². The van der Waals surface area contributed by atoms with Crippen molar-refractivity contribution in [2.75, 3.05) is 12.4 Å². The molecule has 3 aromatic rings. The summed E-state index contributed by atoms with van der Waals surface area (Å²) in [7, 11) is 1.59. The van der Waals surface area contributed by atoms with Crippen LogP contribution in [-0.4, -0.2) is 29.1 Å². The first-order chi connectivity index (χ1) is 13.5. The predicted octanol–water partition coefficient (Wildman–Crippen LogP) is 4.52. The zero-order valence-corrected chi connectivity index (χ0v) is 16.1. The maximum Gasteiger partial charge on any atom is 0.248 e.